The number of hydrogen-bond acceptors (Lipinski definition) is 5. The molecule has 2 N–H and O–H groups in total. The molecule has 0 fully saturated rings. The average molecular weight is 454 g/mol. The fraction of sp³-hybridized carbons (Fsp3) is 0.333. The number of aliphatic hydroxyl groups excluding tert-OH is 2. The summed E-state index contributed by atoms with van der Waals surface area (Å²) in [5.74, 6) is 1.36. The van der Waals surface area contributed by atoms with Crippen LogP contribution in [0.3, 0.4) is 0 Å². The van der Waals surface area contributed by atoms with Gasteiger partial charge in [-0.2, -0.15) is 0 Å². The smallest absolute Gasteiger partial charge is 0.156 e. The maximum atomic E-state index is 12.8. The topological polar surface area (TPSA) is 76.0 Å². The Morgan fingerprint density at radius 1 is 1.04 bits per heavy atom. The van der Waals surface area contributed by atoms with Gasteiger partial charge in [0.15, 0.2) is 5.75 Å². The van der Waals surface area contributed by atoms with E-state index in [0.29, 0.717) is 28.0 Å². The Labute approximate surface area is 175 Å². The third kappa shape index (κ3) is 6.52. The maximum absolute atomic E-state index is 12.8. The van der Waals surface area contributed by atoms with Gasteiger partial charge in [0.2, 0.25) is 0 Å². The van der Waals surface area contributed by atoms with Crippen LogP contribution in [0.15, 0.2) is 46.2 Å². The second-order valence-corrected chi connectivity index (χ2v) is 8.17. The first-order valence-electron chi connectivity index (χ1n) is 8.07. The van der Waals surface area contributed by atoms with Gasteiger partial charge in [-0.05, 0) is 42.8 Å². The van der Waals surface area contributed by atoms with E-state index in [0.717, 1.165) is 6.42 Å². The summed E-state index contributed by atoms with van der Waals surface area (Å²) >= 11 is 17.9. The van der Waals surface area contributed by atoms with Crippen LogP contribution < -0.4 is 9.47 Å². The van der Waals surface area contributed by atoms with Crippen LogP contribution in [0.4, 0.5) is 0 Å². The Bertz CT molecular complexity index is 747. The largest absolute Gasteiger partial charge is 0.494 e. The molecular weight excluding hydrogens is 435 g/mol. The Balaban J connectivity index is 2.12. The normalized spacial score (nSPS) is 13.2. The maximum Gasteiger partial charge on any atom is 0.156 e. The minimum Gasteiger partial charge on any atom is -0.494 e. The van der Waals surface area contributed by atoms with Gasteiger partial charge in [-0.3, -0.25) is 0 Å². The summed E-state index contributed by atoms with van der Waals surface area (Å²) in [4.78, 5) is 0.979. The molecule has 2 unspecified atom stereocenters. The van der Waals surface area contributed by atoms with Gasteiger partial charge < -0.3 is 19.7 Å². The van der Waals surface area contributed by atoms with Crippen molar-refractivity contribution in [3.05, 3.63) is 46.4 Å². The van der Waals surface area contributed by atoms with Crippen molar-refractivity contribution in [1.82, 2.24) is 0 Å². The number of rotatable bonds is 10. The Morgan fingerprint density at radius 2 is 1.67 bits per heavy atom. The van der Waals surface area contributed by atoms with E-state index in [9.17, 15) is 9.32 Å². The van der Waals surface area contributed by atoms with Crippen molar-refractivity contribution in [2.75, 3.05) is 25.7 Å². The number of alkyl halides is 1. The molecule has 0 amide bonds. The predicted octanol–water partition coefficient (Wildman–Crippen LogP) is 3.90. The van der Waals surface area contributed by atoms with Crippen molar-refractivity contribution >= 4 is 45.6 Å². The van der Waals surface area contributed by atoms with E-state index < -0.39 is 23.5 Å². The molecule has 0 aliphatic rings. The molecule has 2 aromatic carbocycles. The summed E-state index contributed by atoms with van der Waals surface area (Å²) in [6.45, 7) is -0.0872. The van der Waals surface area contributed by atoms with Gasteiger partial charge in [-0.25, -0.2) is 4.21 Å². The van der Waals surface area contributed by atoms with Gasteiger partial charge in [-0.15, -0.1) is 11.6 Å². The molecule has 0 aliphatic heterocycles. The van der Waals surface area contributed by atoms with E-state index in [2.05, 4.69) is 0 Å². The fourth-order valence-electron chi connectivity index (χ4n) is 2.05. The second-order valence-electron chi connectivity index (χ2n) is 5.49. The van der Waals surface area contributed by atoms with Crippen molar-refractivity contribution in [2.24, 2.45) is 0 Å². The van der Waals surface area contributed by atoms with E-state index in [4.69, 9.17) is 49.4 Å². The SMILES string of the molecule is O=S(c1ccc(OCCCCl)cc1)c1cc(Cl)c(OCC(O)CO)c(Cl)c1. The highest BCUT2D eigenvalue weighted by Crippen LogP contribution is 2.36. The third-order valence-corrected chi connectivity index (χ3v) is 5.59. The van der Waals surface area contributed by atoms with Crippen LogP contribution in [0.1, 0.15) is 6.42 Å². The monoisotopic (exact) mass is 452 g/mol. The lowest BCUT2D eigenvalue weighted by Gasteiger charge is -2.14. The highest BCUT2D eigenvalue weighted by molar-refractivity contribution is 7.85. The molecule has 0 aliphatic carbocycles. The Hall–Kier alpha value is -1.02. The zero-order chi connectivity index (χ0) is 19.8. The third-order valence-electron chi connectivity index (χ3n) is 3.40. The van der Waals surface area contributed by atoms with E-state index in [1.807, 2.05) is 0 Å². The van der Waals surface area contributed by atoms with Crippen LogP contribution >= 0.6 is 34.8 Å². The van der Waals surface area contributed by atoms with Gasteiger partial charge in [0, 0.05) is 15.7 Å². The first kappa shape index (κ1) is 22.3. The van der Waals surface area contributed by atoms with Crippen molar-refractivity contribution in [3.63, 3.8) is 0 Å². The summed E-state index contributed by atoms with van der Waals surface area (Å²) in [6, 6.07) is 9.87. The molecule has 27 heavy (non-hydrogen) atoms. The molecule has 0 saturated carbocycles. The summed E-state index contributed by atoms with van der Waals surface area (Å²) in [6.07, 6.45) is -0.299. The van der Waals surface area contributed by atoms with Crippen LogP contribution in [0.2, 0.25) is 10.0 Å². The van der Waals surface area contributed by atoms with Crippen molar-refractivity contribution in [2.45, 2.75) is 22.3 Å². The van der Waals surface area contributed by atoms with Crippen LogP contribution in [0.5, 0.6) is 11.5 Å². The molecule has 148 valence electrons. The number of hydrogen-bond donors (Lipinski definition) is 2. The van der Waals surface area contributed by atoms with Crippen LogP contribution in [0.25, 0.3) is 0 Å². The summed E-state index contributed by atoms with van der Waals surface area (Å²) in [5.41, 5.74) is 0. The molecule has 2 rings (SSSR count). The number of benzene rings is 2. The van der Waals surface area contributed by atoms with Crippen molar-refractivity contribution in [3.8, 4) is 11.5 Å². The Kier molecular flexibility index (Phi) is 9.15. The molecule has 2 atom stereocenters. The highest BCUT2D eigenvalue weighted by Gasteiger charge is 2.16. The number of ether oxygens (including phenoxy) is 2. The molecule has 5 nitrogen and oxygen atoms in total. The van der Waals surface area contributed by atoms with E-state index in [1.54, 1.807) is 24.3 Å². The standard InChI is InChI=1S/C18H19Cl3O5S/c19-6-1-7-25-13-2-4-14(5-3-13)27(24)15-8-16(20)18(17(21)9-15)26-11-12(23)10-22/h2-5,8-9,12,22-23H,1,6-7,10-11H2. The van der Waals surface area contributed by atoms with E-state index >= 15 is 0 Å². The lowest BCUT2D eigenvalue weighted by Crippen LogP contribution is -2.21. The molecular formula is C18H19Cl3O5S. The van der Waals surface area contributed by atoms with E-state index in [1.165, 1.54) is 12.1 Å². The lowest BCUT2D eigenvalue weighted by molar-refractivity contribution is 0.0536. The zero-order valence-corrected chi connectivity index (χ0v) is 17.3. The highest BCUT2D eigenvalue weighted by atomic mass is 35.5. The molecule has 9 heteroatoms. The second kappa shape index (κ2) is 11.1. The lowest BCUT2D eigenvalue weighted by atomic mass is 10.3. The van der Waals surface area contributed by atoms with Gasteiger partial charge >= 0.3 is 0 Å². The number of halogens is 3. The Morgan fingerprint density at radius 3 is 2.22 bits per heavy atom. The molecule has 0 heterocycles. The molecule has 0 saturated heterocycles. The molecule has 0 bridgehead atoms. The number of aliphatic hydroxyl groups is 2. The first-order chi connectivity index (χ1) is 13.0. The molecule has 2 aromatic rings. The average Bonchev–Trinajstić information content (AvgIpc) is 2.67. The zero-order valence-electron chi connectivity index (χ0n) is 14.2. The van der Waals surface area contributed by atoms with Crippen molar-refractivity contribution in [1.29, 1.82) is 0 Å². The van der Waals surface area contributed by atoms with E-state index in [-0.39, 0.29) is 22.4 Å². The summed E-state index contributed by atoms with van der Waals surface area (Å²) < 4.78 is 23.6. The van der Waals surface area contributed by atoms with Crippen LogP contribution in [-0.2, 0) is 10.8 Å². The van der Waals surface area contributed by atoms with Gasteiger partial charge in [0.25, 0.3) is 0 Å². The van der Waals surface area contributed by atoms with Crippen LogP contribution in [-0.4, -0.2) is 46.2 Å². The molecule has 0 spiro atoms. The minimum atomic E-state index is -1.50. The quantitative estimate of drug-likeness (QED) is 0.421. The fourth-order valence-corrected chi connectivity index (χ4v) is 3.99. The molecule has 0 aromatic heterocycles. The molecule has 0 radical (unpaired) electrons. The minimum absolute atomic E-state index is 0.162. The van der Waals surface area contributed by atoms with Gasteiger partial charge in [-0.1, -0.05) is 23.2 Å². The van der Waals surface area contributed by atoms with Crippen molar-refractivity contribution < 1.29 is 23.9 Å². The summed E-state index contributed by atoms with van der Waals surface area (Å²) in [5, 5.41) is 18.5. The summed E-state index contributed by atoms with van der Waals surface area (Å²) in [7, 11) is -1.50. The predicted molar refractivity (Wildman–Crippen MR) is 107 cm³/mol. The van der Waals surface area contributed by atoms with Gasteiger partial charge in [0.05, 0.1) is 34.1 Å². The first-order valence-corrected chi connectivity index (χ1v) is 10.5. The van der Waals surface area contributed by atoms with Gasteiger partial charge in [0.1, 0.15) is 18.5 Å². The van der Waals surface area contributed by atoms with Crippen LogP contribution in [0, 0.1) is 0 Å².